The number of carboxylic acids is 4. The van der Waals surface area contributed by atoms with E-state index in [2.05, 4.69) is 9.97 Å². The minimum Gasteiger partial charge on any atom is -0.545 e. The molecule has 0 aliphatic heterocycles. The van der Waals surface area contributed by atoms with Gasteiger partial charge >= 0.3 is 0 Å². The van der Waals surface area contributed by atoms with Gasteiger partial charge in [0.15, 0.2) is 0 Å². The number of benzene rings is 1. The fourth-order valence-corrected chi connectivity index (χ4v) is 1.58. The van der Waals surface area contributed by atoms with E-state index in [-0.39, 0.29) is 16.5 Å². The van der Waals surface area contributed by atoms with Crippen LogP contribution in [0.3, 0.4) is 0 Å². The molecular formula is C13H6N2NiO8-4. The second-order valence-corrected chi connectivity index (χ2v) is 3.82. The number of carboxylic acid groups (broad SMARTS) is 4. The van der Waals surface area contributed by atoms with E-state index in [1.54, 1.807) is 18.7 Å². The van der Waals surface area contributed by atoms with Crippen LogP contribution in [0.25, 0.3) is 0 Å². The molecule has 2 aromatic rings. The molecule has 0 bridgehead atoms. The van der Waals surface area contributed by atoms with Crippen molar-refractivity contribution in [2.45, 2.75) is 0 Å². The number of nitrogens with one attached hydrogen (secondary N) is 1. The van der Waals surface area contributed by atoms with Gasteiger partial charge in [0, 0.05) is 51.1 Å². The third-order valence-corrected chi connectivity index (χ3v) is 2.46. The van der Waals surface area contributed by atoms with Gasteiger partial charge in [0.05, 0.1) is 30.2 Å². The van der Waals surface area contributed by atoms with E-state index in [0.29, 0.717) is 12.1 Å². The van der Waals surface area contributed by atoms with Gasteiger partial charge in [-0.3, -0.25) is 0 Å². The molecule has 2 rings (SSSR count). The molecule has 0 saturated carbocycles. The first-order valence-corrected chi connectivity index (χ1v) is 5.72. The van der Waals surface area contributed by atoms with E-state index in [9.17, 15) is 39.6 Å². The van der Waals surface area contributed by atoms with Crippen LogP contribution in [0.15, 0.2) is 30.9 Å². The van der Waals surface area contributed by atoms with Crippen LogP contribution < -0.4 is 20.4 Å². The smallest absolute Gasteiger partial charge is 0.0919 e. The molecule has 0 atom stereocenters. The molecular weight excluding hydrogens is 371 g/mol. The van der Waals surface area contributed by atoms with Crippen molar-refractivity contribution < 1.29 is 56.1 Å². The third kappa shape index (κ3) is 4.92. The fraction of sp³-hybridized carbons (Fsp3) is 0. The van der Waals surface area contributed by atoms with Crippen molar-refractivity contribution in [2.24, 2.45) is 0 Å². The quantitative estimate of drug-likeness (QED) is 0.512. The Kier molecular flexibility index (Phi) is 7.85. The maximum Gasteiger partial charge on any atom is 0.0919 e. The SMILES string of the molecule is O=C([O-])c1ccc(C(=O)[O-])c(C(=O)[O-])c1C(=O)[O-].[Ni].c1c[nH]cn1. The minimum absolute atomic E-state index is 0. The van der Waals surface area contributed by atoms with Crippen LogP contribution in [0.5, 0.6) is 0 Å². The molecule has 0 amide bonds. The van der Waals surface area contributed by atoms with E-state index in [1.165, 1.54) is 0 Å². The molecule has 0 fully saturated rings. The summed E-state index contributed by atoms with van der Waals surface area (Å²) in [6, 6.07) is 1.14. The average molecular weight is 377 g/mol. The van der Waals surface area contributed by atoms with Gasteiger partial charge in [0.25, 0.3) is 0 Å². The summed E-state index contributed by atoms with van der Waals surface area (Å²) in [5.74, 6) is -8.36. The van der Waals surface area contributed by atoms with Gasteiger partial charge in [-0.1, -0.05) is 12.1 Å². The molecule has 0 radical (unpaired) electrons. The molecule has 11 heteroatoms. The molecule has 0 aliphatic rings. The molecule has 0 unspecified atom stereocenters. The Bertz CT molecular complexity index is 689. The second-order valence-electron chi connectivity index (χ2n) is 3.82. The Hall–Kier alpha value is -3.20. The van der Waals surface area contributed by atoms with Crippen LogP contribution in [-0.4, -0.2) is 33.8 Å². The summed E-state index contributed by atoms with van der Waals surface area (Å²) < 4.78 is 0. The number of aromatic amines is 1. The van der Waals surface area contributed by atoms with Crippen LogP contribution in [0.2, 0.25) is 0 Å². The maximum absolute atomic E-state index is 10.7. The first-order valence-electron chi connectivity index (χ1n) is 5.72. The third-order valence-electron chi connectivity index (χ3n) is 2.46. The number of nitrogens with zero attached hydrogens (tertiary/aromatic N) is 1. The summed E-state index contributed by atoms with van der Waals surface area (Å²) in [6.45, 7) is 0. The monoisotopic (exact) mass is 376 g/mol. The molecule has 1 aromatic carbocycles. The van der Waals surface area contributed by atoms with Crippen molar-refractivity contribution in [1.29, 1.82) is 0 Å². The van der Waals surface area contributed by atoms with Crippen LogP contribution in [-0.2, 0) is 16.5 Å². The van der Waals surface area contributed by atoms with Gasteiger partial charge in [-0.2, -0.15) is 0 Å². The van der Waals surface area contributed by atoms with Gasteiger partial charge in [-0.25, -0.2) is 4.98 Å². The van der Waals surface area contributed by atoms with E-state index < -0.39 is 46.1 Å². The number of carbonyl (C=O) groups is 4. The van der Waals surface area contributed by atoms with Gasteiger partial charge < -0.3 is 44.6 Å². The summed E-state index contributed by atoms with van der Waals surface area (Å²) in [6.07, 6.45) is 5.08. The first kappa shape index (κ1) is 20.8. The second kappa shape index (κ2) is 9.06. The summed E-state index contributed by atoms with van der Waals surface area (Å²) in [5, 5.41) is 42.6. The number of aromatic carboxylic acids is 4. The van der Waals surface area contributed by atoms with Crippen LogP contribution in [0.1, 0.15) is 41.4 Å². The summed E-state index contributed by atoms with van der Waals surface area (Å²) in [5.41, 5.74) is -4.73. The standard InChI is InChI=1S/C10H6O8.C3H4N2.Ni/c11-7(12)3-1-2-4(8(13)14)6(10(17)18)5(3)9(15)16;1-2-5-3-4-1;/h1-2H,(H,11,12)(H,13,14)(H,15,16)(H,17,18);1-3H,(H,4,5);/p-4. The van der Waals surface area contributed by atoms with Gasteiger partial charge in [0.1, 0.15) is 0 Å². The normalized spacial score (nSPS) is 9.00. The van der Waals surface area contributed by atoms with E-state index >= 15 is 0 Å². The van der Waals surface area contributed by atoms with E-state index in [1.807, 2.05) is 0 Å². The van der Waals surface area contributed by atoms with Crippen LogP contribution in [0.4, 0.5) is 0 Å². The Morgan fingerprint density at radius 2 is 1.21 bits per heavy atom. The zero-order valence-electron chi connectivity index (χ0n) is 11.4. The number of imidazole rings is 1. The number of hydrogen-bond donors (Lipinski definition) is 1. The van der Waals surface area contributed by atoms with E-state index in [4.69, 9.17) is 0 Å². The molecule has 24 heavy (non-hydrogen) atoms. The molecule has 1 heterocycles. The van der Waals surface area contributed by atoms with Crippen LogP contribution >= 0.6 is 0 Å². The average Bonchev–Trinajstić information content (AvgIpc) is 3.04. The number of hydrogen-bond acceptors (Lipinski definition) is 9. The number of H-pyrrole nitrogens is 1. The molecule has 0 aliphatic carbocycles. The summed E-state index contributed by atoms with van der Waals surface area (Å²) in [4.78, 5) is 49.1. The van der Waals surface area contributed by atoms with Crippen molar-refractivity contribution >= 4 is 23.9 Å². The zero-order chi connectivity index (χ0) is 17.6. The minimum atomic E-state index is -2.18. The van der Waals surface area contributed by atoms with Gasteiger partial charge in [0.2, 0.25) is 0 Å². The summed E-state index contributed by atoms with van der Waals surface area (Å²) >= 11 is 0. The number of rotatable bonds is 4. The Morgan fingerprint density at radius 3 is 1.38 bits per heavy atom. The van der Waals surface area contributed by atoms with Gasteiger partial charge in [-0.15, -0.1) is 0 Å². The molecule has 0 saturated heterocycles. The largest absolute Gasteiger partial charge is 0.545 e. The van der Waals surface area contributed by atoms with Crippen molar-refractivity contribution in [1.82, 2.24) is 9.97 Å². The number of carbonyl (C=O) groups excluding carboxylic acids is 4. The van der Waals surface area contributed by atoms with Crippen molar-refractivity contribution in [3.63, 3.8) is 0 Å². The predicted molar refractivity (Wildman–Crippen MR) is 62.4 cm³/mol. The Morgan fingerprint density at radius 1 is 0.792 bits per heavy atom. The zero-order valence-corrected chi connectivity index (χ0v) is 12.4. The Balaban J connectivity index is 0.000000751. The van der Waals surface area contributed by atoms with Crippen LogP contribution in [0, 0.1) is 0 Å². The topological polar surface area (TPSA) is 189 Å². The van der Waals surface area contributed by atoms with E-state index in [0.717, 1.165) is 0 Å². The molecule has 1 N–H and O–H groups in total. The molecule has 0 spiro atoms. The molecule has 130 valence electrons. The first-order chi connectivity index (χ1) is 10.8. The van der Waals surface area contributed by atoms with Crippen molar-refractivity contribution in [3.8, 4) is 0 Å². The Labute approximate surface area is 143 Å². The molecule has 1 aromatic heterocycles. The van der Waals surface area contributed by atoms with Gasteiger partial charge in [-0.05, 0) is 0 Å². The summed E-state index contributed by atoms with van der Waals surface area (Å²) in [7, 11) is 0. The fourth-order valence-electron chi connectivity index (χ4n) is 1.58. The van der Waals surface area contributed by atoms with Crippen molar-refractivity contribution in [2.75, 3.05) is 0 Å². The molecule has 10 nitrogen and oxygen atoms in total. The predicted octanol–water partition coefficient (Wildman–Crippen LogP) is -4.45. The maximum atomic E-state index is 10.7. The number of aromatic nitrogens is 2. The van der Waals surface area contributed by atoms with Crippen molar-refractivity contribution in [3.05, 3.63) is 53.1 Å².